The van der Waals surface area contributed by atoms with Crippen LogP contribution in [0.1, 0.15) is 25.5 Å². The Morgan fingerprint density at radius 1 is 1.58 bits per heavy atom. The van der Waals surface area contributed by atoms with Crippen LogP contribution >= 0.6 is 0 Å². The molecule has 0 saturated carbocycles. The molecule has 1 aromatic heterocycles. The molecular formula is C13H20N4O2. The summed E-state index contributed by atoms with van der Waals surface area (Å²) in [5.74, 6) is 1.07. The van der Waals surface area contributed by atoms with Crippen LogP contribution in [0.5, 0.6) is 0 Å². The van der Waals surface area contributed by atoms with Gasteiger partial charge in [0.05, 0.1) is 4.92 Å². The van der Waals surface area contributed by atoms with E-state index in [2.05, 4.69) is 11.9 Å². The molecular weight excluding hydrogens is 244 g/mol. The van der Waals surface area contributed by atoms with Gasteiger partial charge in [0, 0.05) is 30.9 Å². The second kappa shape index (κ2) is 5.52. The third-order valence-electron chi connectivity index (χ3n) is 3.71. The van der Waals surface area contributed by atoms with Crippen molar-refractivity contribution in [3.8, 4) is 0 Å². The van der Waals surface area contributed by atoms with Crippen LogP contribution in [0.25, 0.3) is 0 Å². The van der Waals surface area contributed by atoms with Gasteiger partial charge in [-0.2, -0.15) is 0 Å². The van der Waals surface area contributed by atoms with Crippen LogP contribution in [0.4, 0.5) is 11.5 Å². The molecule has 0 spiro atoms. The van der Waals surface area contributed by atoms with Gasteiger partial charge in [-0.15, -0.1) is 0 Å². The highest BCUT2D eigenvalue weighted by molar-refractivity contribution is 5.59. The van der Waals surface area contributed by atoms with Crippen molar-refractivity contribution in [2.75, 3.05) is 18.0 Å². The molecule has 2 unspecified atom stereocenters. The van der Waals surface area contributed by atoms with Crippen LogP contribution < -0.4 is 10.6 Å². The van der Waals surface area contributed by atoms with Crippen LogP contribution in [-0.2, 0) is 0 Å². The highest BCUT2D eigenvalue weighted by atomic mass is 16.6. The maximum absolute atomic E-state index is 11.1. The number of anilines is 1. The Morgan fingerprint density at radius 3 is 2.95 bits per heavy atom. The van der Waals surface area contributed by atoms with Gasteiger partial charge >= 0.3 is 5.69 Å². The molecule has 0 amide bonds. The minimum atomic E-state index is -0.368. The zero-order valence-corrected chi connectivity index (χ0v) is 11.4. The summed E-state index contributed by atoms with van der Waals surface area (Å²) in [5, 5.41) is 11.1. The number of nitrogens with two attached hydrogens (primary N) is 1. The number of nitrogens with zero attached hydrogens (tertiary/aromatic N) is 3. The Balaban J connectivity index is 2.39. The van der Waals surface area contributed by atoms with Gasteiger partial charge in [0.2, 0.25) is 5.82 Å². The Labute approximate surface area is 112 Å². The molecule has 2 N–H and O–H groups in total. The van der Waals surface area contributed by atoms with E-state index < -0.39 is 0 Å². The molecule has 2 atom stereocenters. The molecule has 1 aromatic rings. The van der Waals surface area contributed by atoms with Gasteiger partial charge in [-0.3, -0.25) is 10.1 Å². The Bertz CT molecular complexity index is 478. The van der Waals surface area contributed by atoms with Gasteiger partial charge in [0.15, 0.2) is 0 Å². The number of aryl methyl sites for hydroxylation is 1. The molecule has 0 bridgehead atoms. The fourth-order valence-electron chi connectivity index (χ4n) is 2.64. The van der Waals surface area contributed by atoms with Gasteiger partial charge in [0.25, 0.3) is 0 Å². The molecule has 2 rings (SSSR count). The van der Waals surface area contributed by atoms with Gasteiger partial charge < -0.3 is 10.6 Å². The predicted molar refractivity (Wildman–Crippen MR) is 74.2 cm³/mol. The minimum absolute atomic E-state index is 0.0682. The molecule has 0 aromatic carbocycles. The molecule has 2 heterocycles. The van der Waals surface area contributed by atoms with Crippen molar-refractivity contribution in [3.63, 3.8) is 0 Å². The van der Waals surface area contributed by atoms with Crippen LogP contribution in [-0.4, -0.2) is 29.0 Å². The van der Waals surface area contributed by atoms with Gasteiger partial charge in [0.1, 0.15) is 0 Å². The van der Waals surface area contributed by atoms with E-state index in [1.165, 1.54) is 6.07 Å². The maximum Gasteiger partial charge on any atom is 0.311 e. The highest BCUT2D eigenvalue weighted by Crippen LogP contribution is 2.32. The normalized spacial score (nSPS) is 23.4. The molecule has 1 aliphatic rings. The first-order valence-corrected chi connectivity index (χ1v) is 6.61. The number of rotatable bonds is 3. The first kappa shape index (κ1) is 13.7. The SMILES string of the molecule is Cc1ccc([N+](=O)[O-])c(N2CCC(C)CC2CN)n1. The zero-order chi connectivity index (χ0) is 14.0. The van der Waals surface area contributed by atoms with E-state index in [0.29, 0.717) is 18.3 Å². The fourth-order valence-corrected chi connectivity index (χ4v) is 2.64. The predicted octanol–water partition coefficient (Wildman–Crippen LogP) is 1.86. The largest absolute Gasteiger partial charge is 0.347 e. The molecule has 6 nitrogen and oxygen atoms in total. The number of piperidine rings is 1. The zero-order valence-electron chi connectivity index (χ0n) is 11.4. The first-order valence-electron chi connectivity index (χ1n) is 6.61. The number of hydrogen-bond donors (Lipinski definition) is 1. The molecule has 104 valence electrons. The summed E-state index contributed by atoms with van der Waals surface area (Å²) in [6, 6.07) is 3.34. The average molecular weight is 264 g/mol. The summed E-state index contributed by atoms with van der Waals surface area (Å²) < 4.78 is 0. The smallest absolute Gasteiger partial charge is 0.311 e. The van der Waals surface area contributed by atoms with Crippen LogP contribution in [0, 0.1) is 23.0 Å². The monoisotopic (exact) mass is 264 g/mol. The Kier molecular flexibility index (Phi) is 3.99. The van der Waals surface area contributed by atoms with Crippen molar-refractivity contribution in [2.24, 2.45) is 11.7 Å². The topological polar surface area (TPSA) is 85.3 Å². The first-order chi connectivity index (χ1) is 9.02. The summed E-state index contributed by atoms with van der Waals surface area (Å²) >= 11 is 0. The van der Waals surface area contributed by atoms with Crippen molar-refractivity contribution in [3.05, 3.63) is 27.9 Å². The maximum atomic E-state index is 11.1. The van der Waals surface area contributed by atoms with Crippen molar-refractivity contribution in [2.45, 2.75) is 32.7 Å². The van der Waals surface area contributed by atoms with E-state index in [9.17, 15) is 10.1 Å². The number of pyridine rings is 1. The number of nitro groups is 1. The van der Waals surface area contributed by atoms with Crippen molar-refractivity contribution in [1.82, 2.24) is 4.98 Å². The number of hydrogen-bond acceptors (Lipinski definition) is 5. The Hall–Kier alpha value is -1.69. The highest BCUT2D eigenvalue weighted by Gasteiger charge is 2.31. The Morgan fingerprint density at radius 2 is 2.32 bits per heavy atom. The molecule has 0 radical (unpaired) electrons. The molecule has 6 heteroatoms. The summed E-state index contributed by atoms with van der Waals surface area (Å²) in [7, 11) is 0. The van der Waals surface area contributed by atoms with E-state index in [1.54, 1.807) is 6.07 Å². The molecule has 1 fully saturated rings. The standard InChI is InChI=1S/C13H20N4O2/c1-9-5-6-16(11(7-9)8-14)13-12(17(18)19)4-3-10(2)15-13/h3-4,9,11H,5-8,14H2,1-2H3. The van der Waals surface area contributed by atoms with Crippen molar-refractivity contribution < 1.29 is 4.92 Å². The van der Waals surface area contributed by atoms with E-state index in [4.69, 9.17) is 5.73 Å². The van der Waals surface area contributed by atoms with E-state index >= 15 is 0 Å². The molecule has 19 heavy (non-hydrogen) atoms. The van der Waals surface area contributed by atoms with Crippen molar-refractivity contribution in [1.29, 1.82) is 0 Å². The van der Waals surface area contributed by atoms with Crippen LogP contribution in [0.2, 0.25) is 0 Å². The lowest BCUT2D eigenvalue weighted by Gasteiger charge is -2.38. The van der Waals surface area contributed by atoms with E-state index in [1.807, 2.05) is 11.8 Å². The minimum Gasteiger partial charge on any atom is -0.347 e. The van der Waals surface area contributed by atoms with Gasteiger partial charge in [-0.05, 0) is 31.7 Å². The van der Waals surface area contributed by atoms with Crippen LogP contribution in [0.3, 0.4) is 0 Å². The lowest BCUT2D eigenvalue weighted by atomic mass is 9.92. The third kappa shape index (κ3) is 2.84. The number of aromatic nitrogens is 1. The molecule has 0 aliphatic carbocycles. The quantitative estimate of drug-likeness (QED) is 0.665. The second-order valence-electron chi connectivity index (χ2n) is 5.26. The lowest BCUT2D eigenvalue weighted by molar-refractivity contribution is -0.384. The lowest BCUT2D eigenvalue weighted by Crippen LogP contribution is -2.47. The van der Waals surface area contributed by atoms with Crippen molar-refractivity contribution >= 4 is 11.5 Å². The third-order valence-corrected chi connectivity index (χ3v) is 3.71. The summed E-state index contributed by atoms with van der Waals surface area (Å²) in [4.78, 5) is 17.2. The molecule has 1 saturated heterocycles. The summed E-state index contributed by atoms with van der Waals surface area (Å²) in [6.45, 7) is 5.31. The average Bonchev–Trinajstić information content (AvgIpc) is 2.38. The van der Waals surface area contributed by atoms with E-state index in [0.717, 1.165) is 25.1 Å². The van der Waals surface area contributed by atoms with Gasteiger partial charge in [-0.25, -0.2) is 4.98 Å². The second-order valence-corrected chi connectivity index (χ2v) is 5.26. The summed E-state index contributed by atoms with van der Waals surface area (Å²) in [6.07, 6.45) is 1.98. The van der Waals surface area contributed by atoms with Crippen LogP contribution in [0.15, 0.2) is 12.1 Å². The summed E-state index contributed by atoms with van der Waals surface area (Å²) in [5.41, 5.74) is 6.67. The molecule has 1 aliphatic heterocycles. The fraction of sp³-hybridized carbons (Fsp3) is 0.615. The van der Waals surface area contributed by atoms with Gasteiger partial charge in [-0.1, -0.05) is 6.92 Å². The van der Waals surface area contributed by atoms with E-state index in [-0.39, 0.29) is 16.7 Å².